The maximum Gasteiger partial charge on any atom is 0.258 e. The highest BCUT2D eigenvalue weighted by atomic mass is 32.2. The molecule has 4 rings (SSSR count). The molecule has 6 nitrogen and oxygen atoms in total. The lowest BCUT2D eigenvalue weighted by Crippen LogP contribution is -2.41. The van der Waals surface area contributed by atoms with Crippen LogP contribution in [0.15, 0.2) is 54.0 Å². The van der Waals surface area contributed by atoms with Crippen molar-refractivity contribution < 1.29 is 13.2 Å². The molecule has 0 spiro atoms. The van der Waals surface area contributed by atoms with Gasteiger partial charge in [-0.1, -0.05) is 31.2 Å². The third-order valence-electron chi connectivity index (χ3n) is 5.09. The second kappa shape index (κ2) is 8.12. The summed E-state index contributed by atoms with van der Waals surface area (Å²) in [6.07, 6.45) is 3.03. The van der Waals surface area contributed by atoms with Crippen LogP contribution in [0.25, 0.3) is 16.3 Å². The third-order valence-corrected chi connectivity index (χ3v) is 7.72. The Bertz CT molecular complexity index is 1090. The molecule has 1 unspecified atom stereocenters. The van der Waals surface area contributed by atoms with E-state index < -0.39 is 9.84 Å². The van der Waals surface area contributed by atoms with Gasteiger partial charge in [0.15, 0.2) is 9.84 Å². The van der Waals surface area contributed by atoms with Gasteiger partial charge in [-0.25, -0.2) is 13.1 Å². The first-order chi connectivity index (χ1) is 14.0. The van der Waals surface area contributed by atoms with Crippen LogP contribution in [0.2, 0.25) is 0 Å². The Morgan fingerprint density at radius 2 is 2.03 bits per heavy atom. The zero-order chi connectivity index (χ0) is 20.4. The summed E-state index contributed by atoms with van der Waals surface area (Å²) in [7, 11) is -3.08. The number of carbonyl (C=O) groups excluding carboxylic acids is 1. The summed E-state index contributed by atoms with van der Waals surface area (Å²) >= 11 is 1.53. The van der Waals surface area contributed by atoms with Crippen molar-refractivity contribution in [3.05, 3.63) is 59.6 Å². The minimum absolute atomic E-state index is 0.0416. The molecule has 1 aliphatic heterocycles. The first-order valence-electron chi connectivity index (χ1n) is 9.69. The molecule has 1 atom stereocenters. The second-order valence-electron chi connectivity index (χ2n) is 7.20. The number of hydrogen-bond donors (Lipinski definition) is 0. The molecule has 2 aromatic heterocycles. The summed E-state index contributed by atoms with van der Waals surface area (Å²) in [5, 5.41) is 6.66. The van der Waals surface area contributed by atoms with Gasteiger partial charge in [-0.2, -0.15) is 5.10 Å². The lowest BCUT2D eigenvalue weighted by atomic mass is 10.1. The molecular formula is C21H23N3O3S2. The Kier molecular flexibility index (Phi) is 5.56. The van der Waals surface area contributed by atoms with Crippen LogP contribution >= 0.6 is 11.3 Å². The van der Waals surface area contributed by atoms with Crippen molar-refractivity contribution >= 4 is 27.1 Å². The van der Waals surface area contributed by atoms with E-state index in [2.05, 4.69) is 0 Å². The lowest BCUT2D eigenvalue weighted by Gasteiger charge is -2.27. The van der Waals surface area contributed by atoms with Gasteiger partial charge >= 0.3 is 0 Å². The van der Waals surface area contributed by atoms with Gasteiger partial charge in [0.05, 0.1) is 27.6 Å². The summed E-state index contributed by atoms with van der Waals surface area (Å²) in [6.45, 7) is 2.52. The molecule has 1 amide bonds. The minimum atomic E-state index is -3.08. The van der Waals surface area contributed by atoms with Gasteiger partial charge in [-0.05, 0) is 36.4 Å². The maximum atomic E-state index is 13.6. The van der Waals surface area contributed by atoms with Crippen molar-refractivity contribution in [2.45, 2.75) is 25.8 Å². The van der Waals surface area contributed by atoms with Crippen molar-refractivity contribution in [3.63, 3.8) is 0 Å². The van der Waals surface area contributed by atoms with E-state index in [0.29, 0.717) is 24.2 Å². The van der Waals surface area contributed by atoms with Crippen LogP contribution in [0.4, 0.5) is 0 Å². The van der Waals surface area contributed by atoms with Gasteiger partial charge in [0.2, 0.25) is 0 Å². The number of benzene rings is 1. The molecule has 1 saturated heterocycles. The molecule has 3 aromatic rings. The van der Waals surface area contributed by atoms with E-state index in [9.17, 15) is 13.2 Å². The number of aromatic nitrogens is 2. The van der Waals surface area contributed by atoms with Crippen LogP contribution in [0.1, 0.15) is 30.1 Å². The Labute approximate surface area is 174 Å². The molecule has 0 saturated carbocycles. The van der Waals surface area contributed by atoms with Crippen LogP contribution in [0.5, 0.6) is 0 Å². The van der Waals surface area contributed by atoms with E-state index in [-0.39, 0.29) is 23.5 Å². The largest absolute Gasteiger partial charge is 0.335 e. The average Bonchev–Trinajstić information content (AvgIpc) is 3.45. The molecule has 1 fully saturated rings. The van der Waals surface area contributed by atoms with Crippen LogP contribution in [0.3, 0.4) is 0 Å². The topological polar surface area (TPSA) is 72.3 Å². The fourth-order valence-corrected chi connectivity index (χ4v) is 6.16. The number of sulfone groups is 1. The molecule has 29 heavy (non-hydrogen) atoms. The first-order valence-corrected chi connectivity index (χ1v) is 12.4. The predicted octanol–water partition coefficient (Wildman–Crippen LogP) is 3.64. The van der Waals surface area contributed by atoms with Crippen molar-refractivity contribution in [2.75, 3.05) is 18.1 Å². The molecule has 1 aliphatic rings. The number of amides is 1. The maximum absolute atomic E-state index is 13.6. The quantitative estimate of drug-likeness (QED) is 0.600. The monoisotopic (exact) mass is 429 g/mol. The summed E-state index contributed by atoms with van der Waals surface area (Å²) in [4.78, 5) is 16.2. The smallest absolute Gasteiger partial charge is 0.258 e. The first kappa shape index (κ1) is 19.8. The average molecular weight is 430 g/mol. The number of thiophene rings is 1. The Morgan fingerprint density at radius 1 is 1.24 bits per heavy atom. The van der Waals surface area contributed by atoms with Gasteiger partial charge in [0.1, 0.15) is 5.69 Å². The Morgan fingerprint density at radius 3 is 2.66 bits per heavy atom. The lowest BCUT2D eigenvalue weighted by molar-refractivity contribution is 0.0698. The van der Waals surface area contributed by atoms with Gasteiger partial charge in [0, 0.05) is 18.8 Å². The molecule has 8 heteroatoms. The zero-order valence-corrected chi connectivity index (χ0v) is 17.8. The van der Waals surface area contributed by atoms with Gasteiger partial charge in [-0.3, -0.25) is 4.79 Å². The highest BCUT2D eigenvalue weighted by Gasteiger charge is 2.36. The van der Waals surface area contributed by atoms with E-state index >= 15 is 0 Å². The zero-order valence-electron chi connectivity index (χ0n) is 16.2. The predicted molar refractivity (Wildman–Crippen MR) is 115 cm³/mol. The van der Waals surface area contributed by atoms with E-state index in [1.165, 1.54) is 11.3 Å². The normalized spacial score (nSPS) is 18.0. The van der Waals surface area contributed by atoms with E-state index in [1.807, 2.05) is 54.8 Å². The van der Waals surface area contributed by atoms with Crippen LogP contribution < -0.4 is 0 Å². The fourth-order valence-electron chi connectivity index (χ4n) is 3.71. The molecule has 0 bridgehead atoms. The molecule has 3 heterocycles. The van der Waals surface area contributed by atoms with Gasteiger partial charge < -0.3 is 4.90 Å². The molecule has 0 radical (unpaired) electrons. The van der Waals surface area contributed by atoms with Crippen molar-refractivity contribution in [1.29, 1.82) is 0 Å². The summed E-state index contributed by atoms with van der Waals surface area (Å²) in [6, 6.07) is 13.3. The molecule has 152 valence electrons. The number of nitrogens with zero attached hydrogens (tertiary/aromatic N) is 3. The van der Waals surface area contributed by atoms with Gasteiger partial charge in [0.25, 0.3) is 5.91 Å². The number of para-hydroxylation sites is 1. The molecule has 1 aromatic carbocycles. The SMILES string of the molecule is CCCN(C(=O)c1cn(-c2ccccc2)nc1-c1cccs1)C1CCS(=O)(=O)C1. The molecule has 0 N–H and O–H groups in total. The molecular weight excluding hydrogens is 406 g/mol. The summed E-state index contributed by atoms with van der Waals surface area (Å²) < 4.78 is 25.7. The molecule has 0 aliphatic carbocycles. The van der Waals surface area contributed by atoms with Crippen molar-refractivity contribution in [1.82, 2.24) is 14.7 Å². The fraction of sp³-hybridized carbons (Fsp3) is 0.333. The van der Waals surface area contributed by atoms with Gasteiger partial charge in [-0.15, -0.1) is 11.3 Å². The Balaban J connectivity index is 1.75. The van der Waals surface area contributed by atoms with Crippen LogP contribution in [0, 0.1) is 0 Å². The second-order valence-corrected chi connectivity index (χ2v) is 10.4. The number of hydrogen-bond acceptors (Lipinski definition) is 5. The van der Waals surface area contributed by atoms with Crippen molar-refractivity contribution in [3.8, 4) is 16.3 Å². The van der Waals surface area contributed by atoms with Crippen LogP contribution in [-0.2, 0) is 9.84 Å². The highest BCUT2D eigenvalue weighted by molar-refractivity contribution is 7.91. The van der Waals surface area contributed by atoms with E-state index in [0.717, 1.165) is 17.0 Å². The van der Waals surface area contributed by atoms with E-state index in [4.69, 9.17) is 5.10 Å². The van der Waals surface area contributed by atoms with Crippen LogP contribution in [-0.4, -0.2) is 53.1 Å². The highest BCUT2D eigenvalue weighted by Crippen LogP contribution is 2.30. The minimum Gasteiger partial charge on any atom is -0.335 e. The summed E-state index contributed by atoms with van der Waals surface area (Å²) in [5.74, 6) is 0.0334. The summed E-state index contributed by atoms with van der Waals surface area (Å²) in [5.41, 5.74) is 2.01. The third kappa shape index (κ3) is 4.13. The Hall–Kier alpha value is -2.45. The van der Waals surface area contributed by atoms with E-state index in [1.54, 1.807) is 15.8 Å². The number of carbonyl (C=O) groups is 1. The number of rotatable bonds is 6. The van der Waals surface area contributed by atoms with Crippen molar-refractivity contribution in [2.24, 2.45) is 0 Å². The standard InChI is InChI=1S/C21H23N3O3S2/c1-2-11-23(17-10-13-29(26,27)15-17)21(25)18-14-24(16-7-4-3-5-8-16)22-20(18)19-9-6-12-28-19/h3-9,12,14,17H,2,10-11,13,15H2,1H3.